The zero-order chi connectivity index (χ0) is 23.6. The molecule has 0 radical (unpaired) electrons. The van der Waals surface area contributed by atoms with Crippen LogP contribution in [-0.4, -0.2) is 35.3 Å². The molecule has 0 aliphatic carbocycles. The van der Waals surface area contributed by atoms with Crippen molar-refractivity contribution in [2.75, 3.05) is 35.1 Å². The number of aromatic nitrogens is 3. The maximum atomic E-state index is 4.47. The number of hydrogen-bond acceptors (Lipinski definition) is 8. The first-order chi connectivity index (χ1) is 16.7. The maximum Gasteiger partial charge on any atom is 0.250 e. The molecule has 8 nitrogen and oxygen atoms in total. The summed E-state index contributed by atoms with van der Waals surface area (Å²) in [7, 11) is 4.04. The summed E-state index contributed by atoms with van der Waals surface area (Å²) in [5, 5.41) is 10.6. The Kier molecular flexibility index (Phi) is 7.43. The van der Waals surface area contributed by atoms with Crippen LogP contribution >= 0.6 is 0 Å². The highest BCUT2D eigenvalue weighted by atomic mass is 15.4. The highest BCUT2D eigenvalue weighted by Gasteiger charge is 2.07. The molecule has 3 N–H and O–H groups in total. The van der Waals surface area contributed by atoms with E-state index in [-0.39, 0.29) is 0 Å². The van der Waals surface area contributed by atoms with Gasteiger partial charge in [-0.1, -0.05) is 54.6 Å². The van der Waals surface area contributed by atoms with E-state index in [0.717, 1.165) is 22.6 Å². The monoisotopic (exact) mass is 450 g/mol. The number of nitrogens with zero attached hydrogens (tertiary/aromatic N) is 5. The highest BCUT2D eigenvalue weighted by Crippen LogP contribution is 2.18. The molecule has 0 amide bonds. The Balaban J connectivity index is 1.46. The van der Waals surface area contributed by atoms with Crippen LogP contribution in [-0.2, 0) is 0 Å². The first kappa shape index (κ1) is 22.5. The average molecular weight is 451 g/mol. The van der Waals surface area contributed by atoms with Crippen molar-refractivity contribution in [1.82, 2.24) is 15.0 Å². The Morgan fingerprint density at radius 2 is 1.21 bits per heavy atom. The Morgan fingerprint density at radius 3 is 1.74 bits per heavy atom. The smallest absolute Gasteiger partial charge is 0.250 e. The second kappa shape index (κ2) is 11.2. The van der Waals surface area contributed by atoms with Crippen LogP contribution in [0.15, 0.2) is 96.1 Å². The number of nitrogens with one attached hydrogen (secondary N) is 3. The van der Waals surface area contributed by atoms with Crippen molar-refractivity contribution in [3.05, 3.63) is 96.6 Å². The van der Waals surface area contributed by atoms with Crippen molar-refractivity contribution >= 4 is 47.2 Å². The number of hydrazone groups is 1. The minimum atomic E-state index is 0.312. The molecule has 170 valence electrons. The third-order valence-electron chi connectivity index (χ3n) is 4.72. The van der Waals surface area contributed by atoms with Gasteiger partial charge in [-0.25, -0.2) is 5.43 Å². The molecule has 0 unspecified atom stereocenters. The standard InChI is InChI=1S/C26H26N8/c1-34(2)23-17-15-20(16-18-23)10-9-19-27-33-26-31-24(28-21-11-5-3-6-12-21)30-25(32-26)29-22-13-7-4-8-14-22/h3-19H,1-2H3,(H3,28,29,30,31,32,33)/b10-9+,27-19?. The molecule has 0 bridgehead atoms. The summed E-state index contributed by atoms with van der Waals surface area (Å²) in [6.07, 6.45) is 5.48. The van der Waals surface area contributed by atoms with Crippen LogP contribution in [0.5, 0.6) is 0 Å². The Labute approximate surface area is 199 Å². The largest absolute Gasteiger partial charge is 0.378 e. The van der Waals surface area contributed by atoms with E-state index in [1.54, 1.807) is 6.21 Å². The SMILES string of the molecule is CN(C)c1ccc(/C=C/C=NNc2nc(Nc3ccccc3)nc(Nc3ccccc3)n2)cc1. The van der Waals surface area contributed by atoms with Crippen molar-refractivity contribution in [3.8, 4) is 0 Å². The van der Waals surface area contributed by atoms with Crippen LogP contribution in [0, 0.1) is 0 Å². The fourth-order valence-electron chi connectivity index (χ4n) is 3.01. The first-order valence-electron chi connectivity index (χ1n) is 10.8. The summed E-state index contributed by atoms with van der Waals surface area (Å²) in [4.78, 5) is 15.4. The van der Waals surface area contributed by atoms with Gasteiger partial charge in [0, 0.05) is 37.4 Å². The van der Waals surface area contributed by atoms with E-state index in [1.807, 2.05) is 86.9 Å². The van der Waals surface area contributed by atoms with Gasteiger partial charge in [0.15, 0.2) is 0 Å². The summed E-state index contributed by atoms with van der Waals surface area (Å²) in [5.41, 5.74) is 6.86. The van der Waals surface area contributed by atoms with Gasteiger partial charge in [-0.3, -0.25) is 0 Å². The summed E-state index contributed by atoms with van der Waals surface area (Å²) in [6.45, 7) is 0. The number of hydrogen-bond donors (Lipinski definition) is 3. The molecule has 0 saturated heterocycles. The zero-order valence-electron chi connectivity index (χ0n) is 19.1. The fourth-order valence-corrected chi connectivity index (χ4v) is 3.01. The van der Waals surface area contributed by atoms with Crippen LogP contribution in [0.1, 0.15) is 5.56 Å². The van der Waals surface area contributed by atoms with Crippen LogP contribution in [0.3, 0.4) is 0 Å². The van der Waals surface area contributed by atoms with Gasteiger partial charge in [-0.15, -0.1) is 0 Å². The summed E-state index contributed by atoms with van der Waals surface area (Å²) in [6, 6.07) is 27.7. The fraction of sp³-hybridized carbons (Fsp3) is 0.0769. The molecule has 0 aliphatic heterocycles. The molecular formula is C26H26N8. The van der Waals surface area contributed by atoms with E-state index in [9.17, 15) is 0 Å². The zero-order valence-corrected chi connectivity index (χ0v) is 19.1. The van der Waals surface area contributed by atoms with E-state index >= 15 is 0 Å². The number of anilines is 6. The van der Waals surface area contributed by atoms with Gasteiger partial charge in [0.2, 0.25) is 17.8 Å². The van der Waals surface area contributed by atoms with E-state index in [1.165, 1.54) is 0 Å². The molecule has 1 aromatic heterocycles. The van der Waals surface area contributed by atoms with Gasteiger partial charge >= 0.3 is 0 Å². The molecule has 34 heavy (non-hydrogen) atoms. The molecule has 1 heterocycles. The van der Waals surface area contributed by atoms with Gasteiger partial charge in [0.25, 0.3) is 0 Å². The molecule has 8 heteroatoms. The predicted molar refractivity (Wildman–Crippen MR) is 141 cm³/mol. The van der Waals surface area contributed by atoms with Crippen LogP contribution in [0.2, 0.25) is 0 Å². The average Bonchev–Trinajstić information content (AvgIpc) is 2.85. The Morgan fingerprint density at radius 1 is 0.676 bits per heavy atom. The lowest BCUT2D eigenvalue weighted by atomic mass is 10.2. The van der Waals surface area contributed by atoms with E-state index in [0.29, 0.717) is 17.8 Å². The number of allylic oxidation sites excluding steroid dienone is 1. The topological polar surface area (TPSA) is 90.4 Å². The first-order valence-corrected chi connectivity index (χ1v) is 10.8. The van der Waals surface area contributed by atoms with Crippen LogP contribution in [0.4, 0.5) is 34.9 Å². The quantitative estimate of drug-likeness (QED) is 0.228. The van der Waals surface area contributed by atoms with Crippen molar-refractivity contribution in [2.24, 2.45) is 5.10 Å². The molecule has 0 atom stereocenters. The molecule has 4 aromatic rings. The van der Waals surface area contributed by atoms with Crippen molar-refractivity contribution < 1.29 is 0 Å². The number of benzene rings is 3. The third kappa shape index (κ3) is 6.64. The van der Waals surface area contributed by atoms with Crippen molar-refractivity contribution in [2.45, 2.75) is 0 Å². The summed E-state index contributed by atoms with van der Waals surface area (Å²) >= 11 is 0. The molecule has 0 saturated carbocycles. The van der Waals surface area contributed by atoms with Gasteiger partial charge in [0.1, 0.15) is 0 Å². The highest BCUT2D eigenvalue weighted by molar-refractivity contribution is 5.79. The van der Waals surface area contributed by atoms with Gasteiger partial charge in [-0.05, 0) is 48.0 Å². The summed E-state index contributed by atoms with van der Waals surface area (Å²) in [5.74, 6) is 1.11. The molecule has 4 rings (SSSR count). The van der Waals surface area contributed by atoms with Crippen molar-refractivity contribution in [1.29, 1.82) is 0 Å². The normalized spacial score (nSPS) is 11.0. The Bertz CT molecular complexity index is 1180. The van der Waals surface area contributed by atoms with Crippen LogP contribution < -0.4 is 21.0 Å². The number of rotatable bonds is 9. The van der Waals surface area contributed by atoms with Crippen LogP contribution in [0.25, 0.3) is 6.08 Å². The lowest BCUT2D eigenvalue weighted by Crippen LogP contribution is -2.07. The molecule has 0 aliphatic rings. The Hall–Kier alpha value is -4.72. The van der Waals surface area contributed by atoms with Crippen molar-refractivity contribution in [3.63, 3.8) is 0 Å². The second-order valence-corrected chi connectivity index (χ2v) is 7.52. The third-order valence-corrected chi connectivity index (χ3v) is 4.72. The summed E-state index contributed by atoms with van der Waals surface area (Å²) < 4.78 is 0. The lowest BCUT2D eigenvalue weighted by Gasteiger charge is -2.11. The number of para-hydroxylation sites is 2. The second-order valence-electron chi connectivity index (χ2n) is 7.52. The minimum absolute atomic E-state index is 0.312. The van der Waals surface area contributed by atoms with E-state index in [4.69, 9.17) is 0 Å². The molecule has 3 aromatic carbocycles. The van der Waals surface area contributed by atoms with E-state index < -0.39 is 0 Å². The molecule has 0 fully saturated rings. The maximum absolute atomic E-state index is 4.47. The lowest BCUT2D eigenvalue weighted by molar-refractivity contribution is 1.04. The predicted octanol–water partition coefficient (Wildman–Crippen LogP) is 5.54. The minimum Gasteiger partial charge on any atom is -0.378 e. The molecule has 0 spiro atoms. The van der Waals surface area contributed by atoms with Gasteiger partial charge in [0.05, 0.1) is 0 Å². The van der Waals surface area contributed by atoms with Gasteiger partial charge in [-0.2, -0.15) is 20.1 Å². The molecular weight excluding hydrogens is 424 g/mol. The van der Waals surface area contributed by atoms with E-state index in [2.05, 4.69) is 65.3 Å². The van der Waals surface area contributed by atoms with Gasteiger partial charge < -0.3 is 15.5 Å².